The van der Waals surface area contributed by atoms with E-state index >= 15 is 0 Å². The summed E-state index contributed by atoms with van der Waals surface area (Å²) in [5, 5.41) is 2.48. The van der Waals surface area contributed by atoms with Crippen LogP contribution in [0.3, 0.4) is 0 Å². The van der Waals surface area contributed by atoms with E-state index in [4.69, 9.17) is 0 Å². The highest BCUT2D eigenvalue weighted by atomic mass is 15.2. The molecule has 3 nitrogen and oxygen atoms in total. The van der Waals surface area contributed by atoms with E-state index in [-0.39, 0.29) is 33.8 Å². The maximum atomic E-state index is 2.74. The molecule has 4 bridgehead atoms. The first kappa shape index (κ1) is 54.3. The van der Waals surface area contributed by atoms with Gasteiger partial charge in [-0.15, -0.1) is 0 Å². The molecule has 5 aliphatic heterocycles. The van der Waals surface area contributed by atoms with Gasteiger partial charge in [0.15, 0.2) is 0 Å². The molecule has 0 N–H and O–H groups in total. The molecule has 4 heteroatoms. The highest BCUT2D eigenvalue weighted by molar-refractivity contribution is 7.00. The summed E-state index contributed by atoms with van der Waals surface area (Å²) in [5.74, 6) is 0. The van der Waals surface area contributed by atoms with Crippen molar-refractivity contribution >= 4 is 79.0 Å². The molecule has 1 unspecified atom stereocenters. The van der Waals surface area contributed by atoms with Crippen molar-refractivity contribution in [1.29, 1.82) is 0 Å². The van der Waals surface area contributed by atoms with E-state index in [0.717, 1.165) is 5.69 Å². The number of para-hydroxylation sites is 2. The maximum absolute atomic E-state index is 2.74. The highest BCUT2D eigenvalue weighted by Gasteiger charge is 2.53. The Morgan fingerprint density at radius 1 is 0.360 bits per heavy atom. The lowest BCUT2D eigenvalue weighted by atomic mass is 9.32. The third-order valence-corrected chi connectivity index (χ3v) is 20.1. The molecule has 0 aliphatic carbocycles. The first-order valence-electron chi connectivity index (χ1n) is 31.4. The van der Waals surface area contributed by atoms with Gasteiger partial charge in [0.05, 0.1) is 28.1 Å². The van der Waals surface area contributed by atoms with E-state index in [9.17, 15) is 0 Å². The standard InChI is InChI=1S/C82H80BN3/c1-77(2,3)54-28-24-49(25-29-54)51-42-52-44-53(43-51)61-21-19-22-63-62-20-17-18-23-67(62)85(75(61)63)71-48-72-74-76-73(71)82(16,56-30-26-50(52)27-31-56)64-45-57(79(7,8)9)34-39-68(64)86(76)70-41-36-59(81(13,14)15)47-66(70)83(74)65-46-58(80(10,11)12)35-40-69(65)84(72)60-37-32-55(33-38-60)78(4,5)6/h17-48H,1-16H3. The third kappa shape index (κ3) is 8.00. The van der Waals surface area contributed by atoms with Crippen molar-refractivity contribution in [2.75, 3.05) is 9.80 Å². The molecule has 0 fully saturated rings. The van der Waals surface area contributed by atoms with Crippen molar-refractivity contribution in [2.24, 2.45) is 0 Å². The quantitative estimate of drug-likeness (QED) is 0.160. The first-order valence-corrected chi connectivity index (χ1v) is 31.4. The minimum atomic E-state index is -0.676. The lowest BCUT2D eigenvalue weighted by Crippen LogP contribution is -2.63. The normalized spacial score (nSPS) is 15.9. The van der Waals surface area contributed by atoms with Gasteiger partial charge in [-0.25, -0.2) is 0 Å². The summed E-state index contributed by atoms with van der Waals surface area (Å²) in [4.78, 5) is 5.38. The molecule has 0 amide bonds. The van der Waals surface area contributed by atoms with Crippen molar-refractivity contribution in [3.05, 3.63) is 239 Å². The van der Waals surface area contributed by atoms with E-state index in [1.807, 2.05) is 0 Å². The van der Waals surface area contributed by atoms with Crippen molar-refractivity contribution in [3.8, 4) is 39.1 Å². The molecule has 10 aromatic carbocycles. The second-order valence-corrected chi connectivity index (χ2v) is 30.9. The Balaban J connectivity index is 1.16. The van der Waals surface area contributed by atoms with Gasteiger partial charge in [-0.05, 0) is 178 Å². The number of aromatic nitrogens is 1. The number of rotatable bonds is 2. The van der Waals surface area contributed by atoms with E-state index in [2.05, 4.69) is 319 Å². The van der Waals surface area contributed by atoms with Crippen LogP contribution >= 0.6 is 0 Å². The SMILES string of the molecule is CC(C)(C)c1ccc(-c2cc3cc(c2)-c2cccc4c5ccccc5n(c24)-c2cc4c5c6c2C(C)(c2ccc-3cc2)c2cc(C(C)(C)C)ccc2N6c2ccc(C(C)(C)C)cc2B5c2cc(C(C)(C)C)ccc2N4c2ccc(C(C)(C)C)cc2)cc1. The zero-order valence-corrected chi connectivity index (χ0v) is 53.4. The fraction of sp³-hybridized carbons (Fsp3) is 0.268. The van der Waals surface area contributed by atoms with Gasteiger partial charge >= 0.3 is 0 Å². The van der Waals surface area contributed by atoms with Crippen LogP contribution in [0.15, 0.2) is 194 Å². The van der Waals surface area contributed by atoms with E-state index in [1.54, 1.807) is 0 Å². The molecule has 0 radical (unpaired) electrons. The van der Waals surface area contributed by atoms with Gasteiger partial charge in [0.1, 0.15) is 0 Å². The van der Waals surface area contributed by atoms with Crippen LogP contribution < -0.4 is 26.2 Å². The van der Waals surface area contributed by atoms with Crippen molar-refractivity contribution in [2.45, 2.75) is 143 Å². The molecule has 0 saturated heterocycles. The Hall–Kier alpha value is -8.34. The summed E-state index contributed by atoms with van der Waals surface area (Å²) in [6, 6.07) is 77.4. The number of nitrogens with zero attached hydrogens (tertiary/aromatic N) is 3. The molecule has 426 valence electrons. The molecule has 5 aliphatic rings. The fourth-order valence-electron chi connectivity index (χ4n) is 15.1. The summed E-state index contributed by atoms with van der Waals surface area (Å²) in [7, 11) is 0. The molecular formula is C82H80BN3. The Bertz CT molecular complexity index is 4620. The molecule has 86 heavy (non-hydrogen) atoms. The Labute approximate surface area is 511 Å². The topological polar surface area (TPSA) is 11.4 Å². The van der Waals surface area contributed by atoms with Gasteiger partial charge in [0.2, 0.25) is 0 Å². The van der Waals surface area contributed by atoms with Crippen LogP contribution in [0.25, 0.3) is 60.9 Å². The maximum Gasteiger partial charge on any atom is 0.252 e. The number of hydrogen-bond donors (Lipinski definition) is 0. The summed E-state index contributed by atoms with van der Waals surface area (Å²) in [6.07, 6.45) is 0. The molecule has 0 saturated carbocycles. The lowest BCUT2D eigenvalue weighted by Gasteiger charge is -2.52. The van der Waals surface area contributed by atoms with Crippen LogP contribution in [0.5, 0.6) is 0 Å². The third-order valence-electron chi connectivity index (χ3n) is 20.1. The Kier molecular flexibility index (Phi) is 11.4. The second-order valence-electron chi connectivity index (χ2n) is 30.9. The van der Waals surface area contributed by atoms with E-state index in [0.29, 0.717) is 0 Å². The molecule has 1 atom stereocenters. The smallest absolute Gasteiger partial charge is 0.252 e. The fourth-order valence-corrected chi connectivity index (χ4v) is 15.1. The average Bonchev–Trinajstić information content (AvgIpc) is 0.829. The molecule has 6 heterocycles. The number of fused-ring (bicyclic) bond motifs is 11. The predicted molar refractivity (Wildman–Crippen MR) is 370 cm³/mol. The van der Waals surface area contributed by atoms with Gasteiger partial charge in [0, 0.05) is 50.1 Å². The predicted octanol–water partition coefficient (Wildman–Crippen LogP) is 20.3. The average molecular weight is 1120 g/mol. The van der Waals surface area contributed by atoms with Crippen LogP contribution in [0.1, 0.15) is 155 Å². The number of benzene rings is 10. The zero-order valence-electron chi connectivity index (χ0n) is 53.4. The number of hydrogen-bond acceptors (Lipinski definition) is 2. The van der Waals surface area contributed by atoms with Gasteiger partial charge in [-0.2, -0.15) is 0 Å². The van der Waals surface area contributed by atoms with Crippen LogP contribution in [0.4, 0.5) is 34.1 Å². The summed E-state index contributed by atoms with van der Waals surface area (Å²) >= 11 is 0. The van der Waals surface area contributed by atoms with Crippen molar-refractivity contribution in [3.63, 3.8) is 0 Å². The molecule has 16 rings (SSSR count). The van der Waals surface area contributed by atoms with Gasteiger partial charge in [0.25, 0.3) is 6.71 Å². The summed E-state index contributed by atoms with van der Waals surface area (Å²) in [5.41, 5.74) is 31.9. The second kappa shape index (κ2) is 18.1. The Morgan fingerprint density at radius 2 is 0.837 bits per heavy atom. The van der Waals surface area contributed by atoms with E-state index < -0.39 is 5.41 Å². The summed E-state index contributed by atoms with van der Waals surface area (Å²) < 4.78 is 2.71. The molecular weight excluding hydrogens is 1040 g/mol. The molecule has 1 aromatic heterocycles. The van der Waals surface area contributed by atoms with Crippen LogP contribution in [-0.4, -0.2) is 11.3 Å². The van der Waals surface area contributed by atoms with E-state index in [1.165, 1.54) is 150 Å². The van der Waals surface area contributed by atoms with Crippen LogP contribution in [0, 0.1) is 0 Å². The van der Waals surface area contributed by atoms with Crippen LogP contribution in [0.2, 0.25) is 0 Å². The molecule has 0 spiro atoms. The summed E-state index contributed by atoms with van der Waals surface area (Å²) in [6.45, 7) is 37.7. The Morgan fingerprint density at radius 3 is 1.41 bits per heavy atom. The molecule has 11 aromatic rings. The van der Waals surface area contributed by atoms with Gasteiger partial charge in [-0.3, -0.25) is 0 Å². The van der Waals surface area contributed by atoms with Gasteiger partial charge in [-0.1, -0.05) is 237 Å². The largest absolute Gasteiger partial charge is 0.311 e. The van der Waals surface area contributed by atoms with Crippen molar-refractivity contribution in [1.82, 2.24) is 4.57 Å². The van der Waals surface area contributed by atoms with Crippen molar-refractivity contribution < 1.29 is 0 Å². The van der Waals surface area contributed by atoms with Crippen LogP contribution in [-0.2, 0) is 32.5 Å². The monoisotopic (exact) mass is 1120 g/mol. The first-order chi connectivity index (χ1) is 40.7. The van der Waals surface area contributed by atoms with Gasteiger partial charge < -0.3 is 14.4 Å². The highest BCUT2D eigenvalue weighted by Crippen LogP contribution is 2.61. The minimum absolute atomic E-state index is 0.0131. The minimum Gasteiger partial charge on any atom is -0.311 e. The number of anilines is 6. The zero-order chi connectivity index (χ0) is 60.1. The lowest BCUT2D eigenvalue weighted by molar-refractivity contribution is 0.585.